The molecule has 2 aromatic heterocycles. The molecule has 0 N–H and O–H groups in total. The summed E-state index contributed by atoms with van der Waals surface area (Å²) in [5.41, 5.74) is 19.6. The Bertz CT molecular complexity index is 2620. The van der Waals surface area contributed by atoms with Crippen molar-refractivity contribution in [2.75, 3.05) is 0 Å². The van der Waals surface area contributed by atoms with Gasteiger partial charge in [0.1, 0.15) is 0 Å². The van der Waals surface area contributed by atoms with Gasteiger partial charge in [-0.25, -0.2) is 0 Å². The van der Waals surface area contributed by atoms with Gasteiger partial charge < -0.3 is 4.57 Å². The van der Waals surface area contributed by atoms with E-state index in [1.54, 1.807) is 0 Å². The van der Waals surface area contributed by atoms with Crippen molar-refractivity contribution in [1.82, 2.24) is 9.55 Å². The maximum Gasteiger partial charge on any atom is 0.0734 e. The minimum absolute atomic E-state index is 0.455. The van der Waals surface area contributed by atoms with Crippen LogP contribution in [0.1, 0.15) is 75.8 Å². The fourth-order valence-electron chi connectivity index (χ4n) is 7.66. The molecular weight excluding hydrogens is 701 g/mol. The first-order chi connectivity index (χ1) is 28.3. The lowest BCUT2D eigenvalue weighted by Crippen LogP contribution is -1.99. The van der Waals surface area contributed by atoms with Gasteiger partial charge in [0.2, 0.25) is 0 Å². The Morgan fingerprint density at radius 2 is 1.09 bits per heavy atom. The summed E-state index contributed by atoms with van der Waals surface area (Å²) in [4.78, 5) is 4.82. The Balaban J connectivity index is 0.000000892. The van der Waals surface area contributed by atoms with Crippen LogP contribution in [0.5, 0.6) is 0 Å². The van der Waals surface area contributed by atoms with Gasteiger partial charge in [-0.05, 0) is 155 Å². The third-order valence-electron chi connectivity index (χ3n) is 11.2. The molecule has 2 heterocycles. The Labute approximate surface area is 347 Å². The number of para-hydroxylation sites is 1. The number of hydrogen-bond donors (Lipinski definition) is 0. The average Bonchev–Trinajstić information content (AvgIpc) is 3.55. The fraction of sp³-hybridized carbons (Fsp3) is 0.196. The number of pyridine rings is 1. The average molecular weight is 759 g/mol. The molecule has 0 aliphatic carbocycles. The number of benzene rings is 6. The Morgan fingerprint density at radius 1 is 0.586 bits per heavy atom. The van der Waals surface area contributed by atoms with Crippen LogP contribution in [0.15, 0.2) is 171 Å². The number of fused-ring (bicyclic) bond motifs is 1. The molecule has 0 spiro atoms. The highest BCUT2D eigenvalue weighted by Crippen LogP contribution is 2.38. The van der Waals surface area contributed by atoms with Crippen molar-refractivity contribution in [3.05, 3.63) is 193 Å². The number of nitrogens with zero attached hydrogens (tertiary/aromatic N) is 2. The van der Waals surface area contributed by atoms with Gasteiger partial charge in [0, 0.05) is 28.5 Å². The van der Waals surface area contributed by atoms with E-state index in [0.29, 0.717) is 5.92 Å². The molecule has 6 aromatic carbocycles. The van der Waals surface area contributed by atoms with Crippen LogP contribution in [0.4, 0.5) is 0 Å². The summed E-state index contributed by atoms with van der Waals surface area (Å²) in [5.74, 6) is 0.455. The molecule has 0 aliphatic rings. The number of rotatable bonds is 9. The molecule has 0 radical (unpaired) electrons. The van der Waals surface area contributed by atoms with E-state index < -0.39 is 0 Å². The molecule has 0 aliphatic heterocycles. The zero-order chi connectivity index (χ0) is 41.2. The van der Waals surface area contributed by atoms with Crippen molar-refractivity contribution in [1.29, 1.82) is 0 Å². The third-order valence-corrected chi connectivity index (χ3v) is 11.2. The topological polar surface area (TPSA) is 17.8 Å². The van der Waals surface area contributed by atoms with Crippen LogP contribution in [0.25, 0.3) is 72.4 Å². The molecule has 0 saturated carbocycles. The molecular formula is C56H58N2. The van der Waals surface area contributed by atoms with E-state index in [4.69, 9.17) is 4.98 Å². The molecule has 2 heteroatoms. The summed E-state index contributed by atoms with van der Waals surface area (Å²) in [7, 11) is 0. The van der Waals surface area contributed by atoms with Gasteiger partial charge in [-0.1, -0.05) is 138 Å². The van der Waals surface area contributed by atoms with E-state index in [1.807, 2.05) is 32.2 Å². The maximum atomic E-state index is 4.82. The van der Waals surface area contributed by atoms with E-state index in [2.05, 4.69) is 198 Å². The van der Waals surface area contributed by atoms with Crippen LogP contribution < -0.4 is 0 Å². The first-order valence-corrected chi connectivity index (χ1v) is 21.0. The van der Waals surface area contributed by atoms with Crippen molar-refractivity contribution < 1.29 is 0 Å². The summed E-state index contributed by atoms with van der Waals surface area (Å²) < 4.78 is 2.37. The summed E-state index contributed by atoms with van der Waals surface area (Å²) in [6.07, 6.45) is 5.95. The van der Waals surface area contributed by atoms with Crippen LogP contribution in [0, 0.1) is 20.8 Å². The highest BCUT2D eigenvalue weighted by Gasteiger charge is 2.16. The smallest absolute Gasteiger partial charge is 0.0734 e. The van der Waals surface area contributed by atoms with Crippen LogP contribution in [-0.2, 0) is 0 Å². The minimum Gasteiger partial charge on any atom is -0.314 e. The first kappa shape index (κ1) is 41.4. The van der Waals surface area contributed by atoms with Crippen LogP contribution in [0.3, 0.4) is 0 Å². The van der Waals surface area contributed by atoms with Gasteiger partial charge in [0.15, 0.2) is 0 Å². The molecule has 1 unspecified atom stereocenters. The molecule has 58 heavy (non-hydrogen) atoms. The Morgan fingerprint density at radius 3 is 1.59 bits per heavy atom. The molecule has 2 nitrogen and oxygen atoms in total. The summed E-state index contributed by atoms with van der Waals surface area (Å²) >= 11 is 0. The van der Waals surface area contributed by atoms with Crippen molar-refractivity contribution in [2.45, 2.75) is 74.1 Å². The highest BCUT2D eigenvalue weighted by atomic mass is 15.0. The van der Waals surface area contributed by atoms with Crippen molar-refractivity contribution in [3.8, 4) is 61.5 Å². The molecule has 1 atom stereocenters. The second-order valence-electron chi connectivity index (χ2n) is 14.8. The lowest BCUT2D eigenvalue weighted by Gasteiger charge is -2.18. The minimum atomic E-state index is 0.455. The summed E-state index contributed by atoms with van der Waals surface area (Å²) in [5, 5.41) is 1.29. The van der Waals surface area contributed by atoms with E-state index in [-0.39, 0.29) is 0 Å². The van der Waals surface area contributed by atoms with Crippen LogP contribution in [0.2, 0.25) is 0 Å². The SMILES string of the molecule is C=CCC.CC.CCC(C)c1ccc(-c2cccc(-c3cccc(-c4cccc(-c5ccc6c(c5)c(C)c(C)n6-c5ccccc5)c4)c3)c2)cc1-c1ncccc1C. The molecule has 292 valence electrons. The summed E-state index contributed by atoms with van der Waals surface area (Å²) in [6.45, 7) is 20.7. The Hall–Kier alpha value is -6.25. The van der Waals surface area contributed by atoms with Crippen LogP contribution in [-0.4, -0.2) is 9.55 Å². The molecule has 0 bridgehead atoms. The van der Waals surface area contributed by atoms with Gasteiger partial charge in [0.05, 0.1) is 11.2 Å². The fourth-order valence-corrected chi connectivity index (χ4v) is 7.66. The van der Waals surface area contributed by atoms with Gasteiger partial charge in [-0.3, -0.25) is 4.98 Å². The van der Waals surface area contributed by atoms with Gasteiger partial charge in [-0.2, -0.15) is 0 Å². The third kappa shape index (κ3) is 8.82. The number of hydrogen-bond acceptors (Lipinski definition) is 1. The second kappa shape index (κ2) is 19.3. The monoisotopic (exact) mass is 758 g/mol. The molecule has 0 fully saturated rings. The predicted octanol–water partition coefficient (Wildman–Crippen LogP) is 16.4. The lowest BCUT2D eigenvalue weighted by atomic mass is 9.88. The normalized spacial score (nSPS) is 11.2. The van der Waals surface area contributed by atoms with Crippen molar-refractivity contribution >= 4 is 10.9 Å². The van der Waals surface area contributed by atoms with E-state index in [0.717, 1.165) is 18.5 Å². The molecule has 0 saturated heterocycles. The number of aromatic nitrogens is 2. The quantitative estimate of drug-likeness (QED) is 0.134. The highest BCUT2D eigenvalue weighted by molar-refractivity contribution is 5.91. The van der Waals surface area contributed by atoms with E-state index >= 15 is 0 Å². The number of allylic oxidation sites excluding steroid dienone is 1. The summed E-state index contributed by atoms with van der Waals surface area (Å²) in [6, 6.07) is 55.5. The number of aryl methyl sites for hydroxylation is 2. The molecule has 8 rings (SSSR count). The van der Waals surface area contributed by atoms with Crippen molar-refractivity contribution in [2.24, 2.45) is 0 Å². The van der Waals surface area contributed by atoms with E-state index in [1.165, 1.54) is 89.0 Å². The Kier molecular flexibility index (Phi) is 13.7. The largest absolute Gasteiger partial charge is 0.314 e. The van der Waals surface area contributed by atoms with E-state index in [9.17, 15) is 0 Å². The van der Waals surface area contributed by atoms with Crippen LogP contribution >= 0.6 is 0 Å². The standard InChI is InChI=1S/C50H44N2.C4H8.C2H6/c1-6-33(2)46-25-23-43(32-48(46)50-34(3)14-13-27-51-50)41-19-11-17-39(29-41)37-15-10-16-38(28-37)40-18-12-20-42(30-40)44-24-26-49-47(31-44)35(4)36(5)52(49)45-21-8-7-9-22-45;1-3-4-2;1-2/h7-33H,6H2,1-5H3;3H,1,4H2,2H3;1-2H3. The van der Waals surface area contributed by atoms with Gasteiger partial charge in [0.25, 0.3) is 0 Å². The molecule has 8 aromatic rings. The predicted molar refractivity (Wildman–Crippen MR) is 253 cm³/mol. The van der Waals surface area contributed by atoms with Gasteiger partial charge >= 0.3 is 0 Å². The first-order valence-electron chi connectivity index (χ1n) is 21.0. The van der Waals surface area contributed by atoms with Gasteiger partial charge in [-0.15, -0.1) is 6.58 Å². The van der Waals surface area contributed by atoms with Crippen molar-refractivity contribution in [3.63, 3.8) is 0 Å². The maximum absolute atomic E-state index is 4.82. The zero-order valence-corrected chi connectivity index (χ0v) is 35.7. The zero-order valence-electron chi connectivity index (χ0n) is 35.7. The lowest BCUT2D eigenvalue weighted by molar-refractivity contribution is 0.735. The molecule has 0 amide bonds. The second-order valence-corrected chi connectivity index (χ2v) is 14.8.